The number of halogens is 5. The molecular formula is C17H17Cl2F3N4O. The van der Waals surface area contributed by atoms with Crippen molar-refractivity contribution in [3.05, 3.63) is 51.8 Å². The summed E-state index contributed by atoms with van der Waals surface area (Å²) in [4.78, 5) is 16.1. The van der Waals surface area contributed by atoms with Crippen LogP contribution in [-0.4, -0.2) is 51.7 Å². The molecule has 1 aromatic heterocycles. The van der Waals surface area contributed by atoms with Gasteiger partial charge in [-0.25, -0.2) is 0 Å². The Morgan fingerprint density at radius 1 is 1.07 bits per heavy atom. The van der Waals surface area contributed by atoms with Crippen molar-refractivity contribution in [2.75, 3.05) is 26.2 Å². The summed E-state index contributed by atoms with van der Waals surface area (Å²) in [6.07, 6.45) is -3.35. The number of amides is 1. The first-order valence-electron chi connectivity index (χ1n) is 8.27. The molecule has 10 heteroatoms. The Hall–Kier alpha value is -1.77. The van der Waals surface area contributed by atoms with E-state index in [0.717, 1.165) is 22.5 Å². The lowest BCUT2D eigenvalue weighted by molar-refractivity contribution is -0.142. The highest BCUT2D eigenvalue weighted by Crippen LogP contribution is 2.27. The summed E-state index contributed by atoms with van der Waals surface area (Å²) in [5.74, 6) is -0.262. The zero-order valence-corrected chi connectivity index (χ0v) is 15.7. The smallest absolute Gasteiger partial charge is 0.339 e. The number of carbonyl (C=O) groups excluding carboxylic acids is 1. The molecule has 0 radical (unpaired) electrons. The van der Waals surface area contributed by atoms with Gasteiger partial charge in [-0.2, -0.15) is 18.3 Å². The van der Waals surface area contributed by atoms with Crippen LogP contribution in [-0.2, 0) is 24.1 Å². The Morgan fingerprint density at radius 3 is 2.26 bits per heavy atom. The monoisotopic (exact) mass is 420 g/mol. The molecule has 1 aromatic carbocycles. The molecule has 0 atom stereocenters. The zero-order chi connectivity index (χ0) is 19.6. The first-order valence-corrected chi connectivity index (χ1v) is 9.03. The van der Waals surface area contributed by atoms with Crippen LogP contribution in [0.2, 0.25) is 10.0 Å². The van der Waals surface area contributed by atoms with Gasteiger partial charge in [0.25, 0.3) is 0 Å². The second kappa shape index (κ2) is 8.08. The fourth-order valence-corrected chi connectivity index (χ4v) is 3.42. The summed E-state index contributed by atoms with van der Waals surface area (Å²) in [5.41, 5.74) is -0.159. The van der Waals surface area contributed by atoms with Crippen LogP contribution in [0.15, 0.2) is 30.5 Å². The van der Waals surface area contributed by atoms with Crippen LogP contribution in [0.5, 0.6) is 0 Å². The number of piperazine rings is 1. The van der Waals surface area contributed by atoms with Crippen molar-refractivity contribution in [1.82, 2.24) is 19.6 Å². The van der Waals surface area contributed by atoms with Gasteiger partial charge in [0.1, 0.15) is 6.54 Å². The molecule has 146 valence electrons. The zero-order valence-electron chi connectivity index (χ0n) is 14.2. The molecule has 27 heavy (non-hydrogen) atoms. The van der Waals surface area contributed by atoms with E-state index in [-0.39, 0.29) is 12.5 Å². The van der Waals surface area contributed by atoms with Crippen LogP contribution in [0.25, 0.3) is 0 Å². The van der Waals surface area contributed by atoms with E-state index in [1.807, 2.05) is 0 Å². The van der Waals surface area contributed by atoms with E-state index in [0.29, 0.717) is 42.8 Å². The Labute approximate surface area is 164 Å². The third kappa shape index (κ3) is 4.94. The highest BCUT2D eigenvalue weighted by atomic mass is 35.5. The number of benzene rings is 1. The maximum atomic E-state index is 12.6. The minimum atomic E-state index is -4.51. The van der Waals surface area contributed by atoms with Gasteiger partial charge in [-0.15, -0.1) is 0 Å². The molecule has 0 saturated carbocycles. The van der Waals surface area contributed by atoms with Crippen LogP contribution in [0.1, 0.15) is 11.3 Å². The number of alkyl halides is 3. The first-order chi connectivity index (χ1) is 12.7. The van der Waals surface area contributed by atoms with Gasteiger partial charge in [0.05, 0.1) is 0 Å². The molecule has 1 amide bonds. The summed E-state index contributed by atoms with van der Waals surface area (Å²) < 4.78 is 38.7. The minimum Gasteiger partial charge on any atom is -0.339 e. The summed E-state index contributed by atoms with van der Waals surface area (Å²) in [6.45, 7) is 2.57. The highest BCUT2D eigenvalue weighted by molar-refractivity contribution is 6.35. The van der Waals surface area contributed by atoms with Crippen molar-refractivity contribution in [1.29, 1.82) is 0 Å². The average molecular weight is 421 g/mol. The number of carbonyl (C=O) groups is 1. The van der Waals surface area contributed by atoms with Gasteiger partial charge in [0, 0.05) is 54.5 Å². The van der Waals surface area contributed by atoms with Crippen LogP contribution >= 0.6 is 23.2 Å². The number of aromatic nitrogens is 2. The largest absolute Gasteiger partial charge is 0.435 e. The number of hydrogen-bond donors (Lipinski definition) is 0. The molecule has 3 rings (SSSR count). The molecule has 5 nitrogen and oxygen atoms in total. The minimum absolute atomic E-state index is 0.216. The standard InChI is InChI=1S/C17H17Cl2F3N4O/c18-13-2-1-3-14(19)12(13)10-24-6-8-25(9-7-24)16(27)11-26-5-4-15(23-26)17(20,21)22/h1-5H,6-11H2. The molecule has 1 fully saturated rings. The van der Waals surface area contributed by atoms with Crippen LogP contribution in [0, 0.1) is 0 Å². The quantitative estimate of drug-likeness (QED) is 0.759. The lowest BCUT2D eigenvalue weighted by Crippen LogP contribution is -2.49. The van der Waals surface area contributed by atoms with Gasteiger partial charge < -0.3 is 4.90 Å². The number of rotatable bonds is 4. The second-order valence-corrected chi connectivity index (χ2v) is 7.07. The van der Waals surface area contributed by atoms with E-state index in [2.05, 4.69) is 10.00 Å². The van der Waals surface area contributed by atoms with E-state index < -0.39 is 11.9 Å². The lowest BCUT2D eigenvalue weighted by atomic mass is 10.2. The predicted molar refractivity (Wildman–Crippen MR) is 95.5 cm³/mol. The molecule has 1 saturated heterocycles. The molecule has 0 N–H and O–H groups in total. The molecule has 1 aliphatic rings. The van der Waals surface area contributed by atoms with Gasteiger partial charge in [0.15, 0.2) is 5.69 Å². The number of nitrogens with zero attached hydrogens (tertiary/aromatic N) is 4. The molecule has 0 aliphatic carbocycles. The summed E-state index contributed by atoms with van der Waals surface area (Å²) in [5, 5.41) is 4.61. The average Bonchev–Trinajstić information content (AvgIpc) is 3.08. The van der Waals surface area contributed by atoms with Gasteiger partial charge in [0.2, 0.25) is 5.91 Å². The summed E-state index contributed by atoms with van der Waals surface area (Å²) in [7, 11) is 0. The summed E-state index contributed by atoms with van der Waals surface area (Å²) >= 11 is 12.4. The summed E-state index contributed by atoms with van der Waals surface area (Å²) in [6, 6.07) is 6.20. The lowest BCUT2D eigenvalue weighted by Gasteiger charge is -2.35. The predicted octanol–water partition coefficient (Wildman–Crippen LogP) is 3.55. The third-order valence-electron chi connectivity index (χ3n) is 4.40. The van der Waals surface area contributed by atoms with E-state index in [1.54, 1.807) is 23.1 Å². The molecular weight excluding hydrogens is 404 g/mol. The Kier molecular flexibility index (Phi) is 5.98. The van der Waals surface area contributed by atoms with E-state index in [1.165, 1.54) is 0 Å². The molecule has 0 bridgehead atoms. The molecule has 2 heterocycles. The van der Waals surface area contributed by atoms with Gasteiger partial charge >= 0.3 is 6.18 Å². The molecule has 2 aromatic rings. The van der Waals surface area contributed by atoms with Crippen molar-refractivity contribution in [3.8, 4) is 0 Å². The fourth-order valence-electron chi connectivity index (χ4n) is 2.90. The van der Waals surface area contributed by atoms with Crippen molar-refractivity contribution in [2.24, 2.45) is 0 Å². The third-order valence-corrected chi connectivity index (χ3v) is 5.10. The highest BCUT2D eigenvalue weighted by Gasteiger charge is 2.33. The van der Waals surface area contributed by atoms with Crippen molar-refractivity contribution in [2.45, 2.75) is 19.3 Å². The Morgan fingerprint density at radius 2 is 1.70 bits per heavy atom. The van der Waals surface area contributed by atoms with Gasteiger partial charge in [-0.3, -0.25) is 14.4 Å². The number of hydrogen-bond acceptors (Lipinski definition) is 3. The van der Waals surface area contributed by atoms with Crippen molar-refractivity contribution in [3.63, 3.8) is 0 Å². The Bertz CT molecular complexity index is 797. The maximum Gasteiger partial charge on any atom is 0.435 e. The Balaban J connectivity index is 1.53. The van der Waals surface area contributed by atoms with E-state index in [9.17, 15) is 18.0 Å². The van der Waals surface area contributed by atoms with Crippen molar-refractivity contribution >= 4 is 29.1 Å². The van der Waals surface area contributed by atoms with Crippen molar-refractivity contribution < 1.29 is 18.0 Å². The van der Waals surface area contributed by atoms with Gasteiger partial charge in [-0.1, -0.05) is 29.3 Å². The fraction of sp³-hybridized carbons (Fsp3) is 0.412. The second-order valence-electron chi connectivity index (χ2n) is 6.25. The van der Waals surface area contributed by atoms with Crippen LogP contribution in [0.3, 0.4) is 0 Å². The molecule has 0 unspecified atom stereocenters. The first kappa shape index (κ1) is 20.0. The van der Waals surface area contributed by atoms with E-state index in [4.69, 9.17) is 23.2 Å². The normalized spacial score (nSPS) is 16.0. The van der Waals surface area contributed by atoms with Crippen LogP contribution < -0.4 is 0 Å². The van der Waals surface area contributed by atoms with Gasteiger partial charge in [-0.05, 0) is 18.2 Å². The topological polar surface area (TPSA) is 41.4 Å². The molecule has 1 aliphatic heterocycles. The van der Waals surface area contributed by atoms with E-state index >= 15 is 0 Å². The molecule has 0 spiro atoms. The SMILES string of the molecule is O=C(Cn1ccc(C(F)(F)F)n1)N1CCN(Cc2c(Cl)cccc2Cl)CC1. The van der Waals surface area contributed by atoms with Crippen LogP contribution in [0.4, 0.5) is 13.2 Å². The maximum absolute atomic E-state index is 12.6.